The molecule has 0 aromatic carbocycles. The lowest BCUT2D eigenvalue weighted by Gasteiger charge is -2.21. The normalized spacial score (nSPS) is 12.8. The molecule has 6 nitrogen and oxygen atoms in total. The van der Waals surface area contributed by atoms with Crippen LogP contribution < -0.4 is 5.32 Å². The zero-order valence-corrected chi connectivity index (χ0v) is 12.5. The lowest BCUT2D eigenvalue weighted by molar-refractivity contribution is -0.138. The van der Waals surface area contributed by atoms with Crippen molar-refractivity contribution >= 4 is 23.8 Å². The molecule has 1 heterocycles. The van der Waals surface area contributed by atoms with E-state index in [2.05, 4.69) is 5.32 Å². The first kappa shape index (κ1) is 16.4. The van der Waals surface area contributed by atoms with Crippen molar-refractivity contribution in [3.63, 3.8) is 0 Å². The number of carboxylic acids is 1. The van der Waals surface area contributed by atoms with Gasteiger partial charge in [-0.1, -0.05) is 0 Å². The molecule has 1 aromatic rings. The molecule has 0 fully saturated rings. The zero-order valence-electron chi connectivity index (χ0n) is 11.7. The third-order valence-electron chi connectivity index (χ3n) is 2.10. The molecule has 1 atom stereocenters. The minimum Gasteiger partial charge on any atom is -0.480 e. The first-order chi connectivity index (χ1) is 9.28. The molecule has 7 heteroatoms. The van der Waals surface area contributed by atoms with Crippen molar-refractivity contribution in [2.75, 3.05) is 5.75 Å². The van der Waals surface area contributed by atoms with Crippen LogP contribution >= 0.6 is 11.8 Å². The van der Waals surface area contributed by atoms with Gasteiger partial charge in [0.2, 0.25) is 0 Å². The second kappa shape index (κ2) is 7.23. The lowest BCUT2D eigenvalue weighted by atomic mass is 10.2. The highest BCUT2D eigenvalue weighted by molar-refractivity contribution is 7.98. The standard InChI is InChI=1S/C13H19NO5S/c1-13(2,3)19-12(17)14-10(11(15)16)8-20-7-9-5-4-6-18-9/h4-6,10H,7-8H2,1-3H3,(H,14,17)(H,15,16). The maximum Gasteiger partial charge on any atom is 0.408 e. The number of furan rings is 1. The summed E-state index contributed by atoms with van der Waals surface area (Å²) in [6.45, 7) is 5.15. The molecule has 0 aliphatic heterocycles. The van der Waals surface area contributed by atoms with Crippen LogP contribution in [0.25, 0.3) is 0 Å². The van der Waals surface area contributed by atoms with Crippen LogP contribution in [0.2, 0.25) is 0 Å². The molecule has 1 rings (SSSR count). The number of carboxylic acid groups (broad SMARTS) is 1. The van der Waals surface area contributed by atoms with Gasteiger partial charge in [-0.25, -0.2) is 9.59 Å². The number of hydrogen-bond acceptors (Lipinski definition) is 5. The average molecular weight is 301 g/mol. The Labute approximate surface area is 121 Å². The molecule has 0 spiro atoms. The molecule has 0 bridgehead atoms. The van der Waals surface area contributed by atoms with Crippen molar-refractivity contribution in [1.82, 2.24) is 5.32 Å². The van der Waals surface area contributed by atoms with Crippen LogP contribution in [0, 0.1) is 0 Å². The maximum absolute atomic E-state index is 11.5. The SMILES string of the molecule is CC(C)(C)OC(=O)NC(CSCc1ccco1)C(=O)O. The van der Waals surface area contributed by atoms with E-state index in [-0.39, 0.29) is 5.75 Å². The maximum atomic E-state index is 11.5. The molecule has 1 aromatic heterocycles. The summed E-state index contributed by atoms with van der Waals surface area (Å²) in [5, 5.41) is 11.4. The van der Waals surface area contributed by atoms with Crippen LogP contribution in [-0.2, 0) is 15.3 Å². The van der Waals surface area contributed by atoms with Gasteiger partial charge in [0.15, 0.2) is 0 Å². The smallest absolute Gasteiger partial charge is 0.408 e. The molecular weight excluding hydrogens is 282 g/mol. The predicted octanol–water partition coefficient (Wildman–Crippen LogP) is 2.49. The lowest BCUT2D eigenvalue weighted by Crippen LogP contribution is -2.44. The van der Waals surface area contributed by atoms with Gasteiger partial charge >= 0.3 is 12.1 Å². The van der Waals surface area contributed by atoms with E-state index in [0.29, 0.717) is 5.75 Å². The van der Waals surface area contributed by atoms with Crippen molar-refractivity contribution < 1.29 is 23.8 Å². The van der Waals surface area contributed by atoms with E-state index in [4.69, 9.17) is 14.3 Å². The van der Waals surface area contributed by atoms with Gasteiger partial charge in [0, 0.05) is 5.75 Å². The Morgan fingerprint density at radius 3 is 2.70 bits per heavy atom. The van der Waals surface area contributed by atoms with Crippen LogP contribution in [-0.4, -0.2) is 34.6 Å². The molecule has 0 radical (unpaired) electrons. The van der Waals surface area contributed by atoms with E-state index in [1.165, 1.54) is 11.8 Å². The molecule has 1 amide bonds. The second-order valence-electron chi connectivity index (χ2n) is 5.13. The number of carbonyl (C=O) groups is 2. The van der Waals surface area contributed by atoms with E-state index in [1.54, 1.807) is 33.1 Å². The monoisotopic (exact) mass is 301 g/mol. The van der Waals surface area contributed by atoms with Gasteiger partial charge in [0.1, 0.15) is 17.4 Å². The summed E-state index contributed by atoms with van der Waals surface area (Å²) in [6.07, 6.45) is 0.826. The van der Waals surface area contributed by atoms with Crippen LogP contribution in [0.3, 0.4) is 0 Å². The van der Waals surface area contributed by atoms with Crippen molar-refractivity contribution in [3.8, 4) is 0 Å². The van der Waals surface area contributed by atoms with Gasteiger partial charge in [0.05, 0.1) is 12.0 Å². The molecule has 0 aliphatic rings. The highest BCUT2D eigenvalue weighted by atomic mass is 32.2. The fourth-order valence-corrected chi connectivity index (χ4v) is 2.24. The highest BCUT2D eigenvalue weighted by Gasteiger charge is 2.23. The van der Waals surface area contributed by atoms with Crippen LogP contribution in [0.5, 0.6) is 0 Å². The molecule has 0 aliphatic carbocycles. The molecule has 1 unspecified atom stereocenters. The second-order valence-corrected chi connectivity index (χ2v) is 6.16. The number of hydrogen-bond donors (Lipinski definition) is 2. The Hall–Kier alpha value is -1.63. The Bertz CT molecular complexity index is 438. The van der Waals surface area contributed by atoms with Gasteiger partial charge in [-0.05, 0) is 32.9 Å². The van der Waals surface area contributed by atoms with Gasteiger partial charge in [-0.3, -0.25) is 0 Å². The Kier molecular flexibility index (Phi) is 5.94. The third-order valence-corrected chi connectivity index (χ3v) is 3.16. The summed E-state index contributed by atoms with van der Waals surface area (Å²) >= 11 is 1.36. The minimum absolute atomic E-state index is 0.231. The van der Waals surface area contributed by atoms with Crippen LogP contribution in [0.4, 0.5) is 4.79 Å². The summed E-state index contributed by atoms with van der Waals surface area (Å²) in [5.74, 6) is 0.446. The fraction of sp³-hybridized carbons (Fsp3) is 0.538. The van der Waals surface area contributed by atoms with Gasteiger partial charge in [0.25, 0.3) is 0 Å². The summed E-state index contributed by atoms with van der Waals surface area (Å²) in [4.78, 5) is 22.6. The van der Waals surface area contributed by atoms with E-state index >= 15 is 0 Å². The Balaban J connectivity index is 2.40. The highest BCUT2D eigenvalue weighted by Crippen LogP contribution is 2.14. The number of aliphatic carboxylic acids is 1. The molecular formula is C13H19NO5S. The zero-order chi connectivity index (χ0) is 15.2. The van der Waals surface area contributed by atoms with Crippen LogP contribution in [0.1, 0.15) is 26.5 Å². The van der Waals surface area contributed by atoms with Crippen molar-refractivity contribution in [3.05, 3.63) is 24.2 Å². The predicted molar refractivity (Wildman–Crippen MR) is 75.7 cm³/mol. The summed E-state index contributed by atoms with van der Waals surface area (Å²) < 4.78 is 10.2. The van der Waals surface area contributed by atoms with E-state index < -0.39 is 23.7 Å². The van der Waals surface area contributed by atoms with Gasteiger partial charge in [-0.15, -0.1) is 0 Å². The number of ether oxygens (including phenoxy) is 1. The number of alkyl carbamates (subject to hydrolysis) is 1. The van der Waals surface area contributed by atoms with Gasteiger partial charge in [-0.2, -0.15) is 11.8 Å². The molecule has 2 N–H and O–H groups in total. The third kappa shape index (κ3) is 6.51. The summed E-state index contributed by atoms with van der Waals surface area (Å²) in [5.41, 5.74) is -0.658. The number of carbonyl (C=O) groups excluding carboxylic acids is 1. The van der Waals surface area contributed by atoms with E-state index in [9.17, 15) is 9.59 Å². The van der Waals surface area contributed by atoms with Crippen molar-refractivity contribution in [1.29, 1.82) is 0 Å². The quantitative estimate of drug-likeness (QED) is 0.839. The van der Waals surface area contributed by atoms with E-state index in [0.717, 1.165) is 5.76 Å². The molecule has 20 heavy (non-hydrogen) atoms. The molecule has 0 saturated carbocycles. The minimum atomic E-state index is -1.09. The average Bonchev–Trinajstić information content (AvgIpc) is 2.77. The molecule has 0 saturated heterocycles. The first-order valence-electron chi connectivity index (χ1n) is 6.10. The number of amides is 1. The summed E-state index contributed by atoms with van der Waals surface area (Å²) in [7, 11) is 0. The largest absolute Gasteiger partial charge is 0.480 e. The van der Waals surface area contributed by atoms with Gasteiger partial charge < -0.3 is 19.6 Å². The number of nitrogens with one attached hydrogen (secondary N) is 1. The first-order valence-corrected chi connectivity index (χ1v) is 7.26. The topological polar surface area (TPSA) is 88.8 Å². The van der Waals surface area contributed by atoms with Crippen molar-refractivity contribution in [2.45, 2.75) is 38.2 Å². The van der Waals surface area contributed by atoms with Crippen molar-refractivity contribution in [2.24, 2.45) is 0 Å². The summed E-state index contributed by atoms with van der Waals surface area (Å²) in [6, 6.07) is 2.58. The number of rotatable bonds is 6. The van der Waals surface area contributed by atoms with Crippen LogP contribution in [0.15, 0.2) is 22.8 Å². The Morgan fingerprint density at radius 1 is 1.50 bits per heavy atom. The van der Waals surface area contributed by atoms with E-state index in [1.807, 2.05) is 6.07 Å². The fourth-order valence-electron chi connectivity index (χ4n) is 1.30. The number of thioether (sulfide) groups is 1. The Morgan fingerprint density at radius 2 is 2.20 bits per heavy atom. The molecule has 112 valence electrons.